The number of nitrogens with zero attached hydrogens (tertiary/aromatic N) is 2. The van der Waals surface area contributed by atoms with Crippen LogP contribution in [0.5, 0.6) is 0 Å². The lowest BCUT2D eigenvalue weighted by molar-refractivity contribution is 0.0738. The molecule has 2 heterocycles. The van der Waals surface area contributed by atoms with Gasteiger partial charge in [0.25, 0.3) is 15.9 Å². The predicted octanol–water partition coefficient (Wildman–Crippen LogP) is 4.10. The van der Waals surface area contributed by atoms with E-state index in [0.717, 1.165) is 23.3 Å². The Hall–Kier alpha value is -2.42. The van der Waals surface area contributed by atoms with Crippen LogP contribution < -0.4 is 4.72 Å². The highest BCUT2D eigenvalue weighted by atomic mass is 35.5. The molecule has 1 aliphatic rings. The maximum absolute atomic E-state index is 13.0. The minimum atomic E-state index is -3.81. The number of nitrogens with one attached hydrogen (secondary N) is 1. The molecule has 29 heavy (non-hydrogen) atoms. The number of benzene rings is 2. The van der Waals surface area contributed by atoms with Crippen molar-refractivity contribution in [2.24, 2.45) is 0 Å². The van der Waals surface area contributed by atoms with Crippen molar-refractivity contribution in [2.75, 3.05) is 11.3 Å². The first kappa shape index (κ1) is 19.9. The number of sulfonamides is 1. The molecule has 0 atom stereocenters. The Morgan fingerprint density at radius 1 is 1.14 bits per heavy atom. The van der Waals surface area contributed by atoms with Gasteiger partial charge in [-0.2, -0.15) is 0 Å². The molecule has 1 N–H and O–H groups in total. The molecule has 0 bridgehead atoms. The second-order valence-corrected chi connectivity index (χ2v) is 9.86. The Morgan fingerprint density at radius 2 is 1.83 bits per heavy atom. The van der Waals surface area contributed by atoms with Gasteiger partial charge in [-0.3, -0.25) is 9.52 Å². The second-order valence-electron chi connectivity index (χ2n) is 6.74. The number of hydrogen-bond acceptors (Lipinski definition) is 5. The molecule has 0 unspecified atom stereocenters. The van der Waals surface area contributed by atoms with Crippen LogP contribution in [0.1, 0.15) is 26.5 Å². The number of halogens is 1. The van der Waals surface area contributed by atoms with Crippen LogP contribution in [0.15, 0.2) is 53.4 Å². The van der Waals surface area contributed by atoms with Crippen molar-refractivity contribution in [3.8, 4) is 0 Å². The molecule has 0 saturated carbocycles. The zero-order valence-corrected chi connectivity index (χ0v) is 17.9. The van der Waals surface area contributed by atoms with Gasteiger partial charge in [0.1, 0.15) is 4.88 Å². The van der Waals surface area contributed by atoms with Crippen molar-refractivity contribution < 1.29 is 13.2 Å². The Morgan fingerprint density at radius 3 is 2.55 bits per heavy atom. The van der Waals surface area contributed by atoms with E-state index in [9.17, 15) is 13.2 Å². The van der Waals surface area contributed by atoms with Crippen LogP contribution in [0.2, 0.25) is 5.02 Å². The third-order valence-corrected chi connectivity index (χ3v) is 7.55. The number of carbonyl (C=O) groups excluding carboxylic acids is 1. The SMILES string of the molecule is Cc1nc(NS(=O)(=O)c2ccc(Cl)cc2)sc1C(=O)N1CCc2ccccc2C1. The van der Waals surface area contributed by atoms with Crippen molar-refractivity contribution in [3.63, 3.8) is 0 Å². The lowest BCUT2D eigenvalue weighted by Crippen LogP contribution is -2.35. The third-order valence-electron chi connectivity index (χ3n) is 4.75. The van der Waals surface area contributed by atoms with Crippen LogP contribution in [-0.4, -0.2) is 30.8 Å². The third kappa shape index (κ3) is 4.14. The number of anilines is 1. The van der Waals surface area contributed by atoms with Crippen LogP contribution in [0.3, 0.4) is 0 Å². The molecular formula is C20H18ClN3O3S2. The topological polar surface area (TPSA) is 79.4 Å². The Labute approximate surface area is 178 Å². The summed E-state index contributed by atoms with van der Waals surface area (Å²) in [6.45, 7) is 2.87. The van der Waals surface area contributed by atoms with Gasteiger partial charge >= 0.3 is 0 Å². The summed E-state index contributed by atoms with van der Waals surface area (Å²) in [5.41, 5.74) is 2.90. The molecular weight excluding hydrogens is 430 g/mol. The Kier molecular flexibility index (Phi) is 5.33. The second kappa shape index (κ2) is 7.78. The highest BCUT2D eigenvalue weighted by molar-refractivity contribution is 7.93. The van der Waals surface area contributed by atoms with Crippen LogP contribution in [0.4, 0.5) is 5.13 Å². The average Bonchev–Trinajstić information content (AvgIpc) is 3.06. The van der Waals surface area contributed by atoms with E-state index < -0.39 is 10.0 Å². The van der Waals surface area contributed by atoms with Crippen molar-refractivity contribution in [2.45, 2.75) is 24.8 Å². The van der Waals surface area contributed by atoms with Crippen molar-refractivity contribution >= 4 is 44.0 Å². The van der Waals surface area contributed by atoms with Gasteiger partial charge in [-0.1, -0.05) is 47.2 Å². The zero-order valence-electron chi connectivity index (χ0n) is 15.6. The Balaban J connectivity index is 1.54. The molecule has 0 radical (unpaired) electrons. The number of fused-ring (bicyclic) bond motifs is 1. The number of aryl methyl sites for hydroxylation is 1. The van der Waals surface area contributed by atoms with Crippen LogP contribution >= 0.6 is 22.9 Å². The van der Waals surface area contributed by atoms with Gasteiger partial charge in [0.2, 0.25) is 0 Å². The van der Waals surface area contributed by atoms with Crippen LogP contribution in [0, 0.1) is 6.92 Å². The van der Waals surface area contributed by atoms with Crippen LogP contribution in [0.25, 0.3) is 0 Å². The first-order valence-corrected chi connectivity index (χ1v) is 11.6. The summed E-state index contributed by atoms with van der Waals surface area (Å²) in [4.78, 5) is 19.6. The smallest absolute Gasteiger partial charge is 0.266 e. The van der Waals surface area contributed by atoms with Gasteiger partial charge < -0.3 is 4.90 Å². The molecule has 0 saturated heterocycles. The quantitative estimate of drug-likeness (QED) is 0.652. The summed E-state index contributed by atoms with van der Waals surface area (Å²) < 4.78 is 27.6. The Bertz CT molecular complexity index is 1170. The summed E-state index contributed by atoms with van der Waals surface area (Å²) in [7, 11) is -3.81. The maximum atomic E-state index is 13.0. The van der Waals surface area contributed by atoms with Gasteiger partial charge in [-0.25, -0.2) is 13.4 Å². The van der Waals surface area contributed by atoms with Crippen molar-refractivity contribution in [1.29, 1.82) is 0 Å². The fourth-order valence-corrected chi connectivity index (χ4v) is 5.53. The van der Waals surface area contributed by atoms with Gasteiger partial charge in [0.15, 0.2) is 5.13 Å². The van der Waals surface area contributed by atoms with Gasteiger partial charge in [0.05, 0.1) is 10.6 Å². The van der Waals surface area contributed by atoms with Gasteiger partial charge in [-0.15, -0.1) is 0 Å². The molecule has 9 heteroatoms. The minimum absolute atomic E-state index is 0.0790. The number of rotatable bonds is 4. The number of carbonyl (C=O) groups is 1. The van der Waals surface area contributed by atoms with E-state index >= 15 is 0 Å². The minimum Gasteiger partial charge on any atom is -0.333 e. The monoisotopic (exact) mass is 447 g/mol. The lowest BCUT2D eigenvalue weighted by atomic mass is 10.00. The molecule has 0 fully saturated rings. The summed E-state index contributed by atoms with van der Waals surface area (Å²) in [6.07, 6.45) is 0.801. The highest BCUT2D eigenvalue weighted by Gasteiger charge is 2.26. The average molecular weight is 448 g/mol. The molecule has 0 spiro atoms. The largest absolute Gasteiger partial charge is 0.333 e. The predicted molar refractivity (Wildman–Crippen MR) is 114 cm³/mol. The summed E-state index contributed by atoms with van der Waals surface area (Å²) in [5.74, 6) is -0.133. The molecule has 2 aromatic carbocycles. The molecule has 3 aromatic rings. The fraction of sp³-hybridized carbons (Fsp3) is 0.200. The highest BCUT2D eigenvalue weighted by Crippen LogP contribution is 2.28. The summed E-state index contributed by atoms with van der Waals surface area (Å²) in [6, 6.07) is 13.9. The number of amides is 1. The number of thiazole rings is 1. The molecule has 6 nitrogen and oxygen atoms in total. The zero-order chi connectivity index (χ0) is 20.6. The molecule has 0 aliphatic carbocycles. The molecule has 1 aromatic heterocycles. The summed E-state index contributed by atoms with van der Waals surface area (Å²) in [5, 5.41) is 0.614. The van der Waals surface area contributed by atoms with E-state index in [1.54, 1.807) is 11.8 Å². The van der Waals surface area contributed by atoms with Crippen molar-refractivity contribution in [3.05, 3.63) is 75.3 Å². The summed E-state index contributed by atoms with van der Waals surface area (Å²) >= 11 is 6.87. The molecule has 1 amide bonds. The first-order valence-electron chi connectivity index (χ1n) is 8.95. The fourth-order valence-electron chi connectivity index (χ4n) is 3.24. The van der Waals surface area contributed by atoms with E-state index in [-0.39, 0.29) is 15.9 Å². The normalized spacial score (nSPS) is 13.8. The first-order chi connectivity index (χ1) is 13.8. The lowest BCUT2D eigenvalue weighted by Gasteiger charge is -2.28. The van der Waals surface area contributed by atoms with E-state index in [1.807, 2.05) is 18.2 Å². The van der Waals surface area contributed by atoms with E-state index in [4.69, 9.17) is 11.6 Å². The maximum Gasteiger partial charge on any atom is 0.266 e. The number of aromatic nitrogens is 1. The van der Waals surface area contributed by atoms with Crippen molar-refractivity contribution in [1.82, 2.24) is 9.88 Å². The van der Waals surface area contributed by atoms with E-state index in [0.29, 0.717) is 28.7 Å². The van der Waals surface area contributed by atoms with E-state index in [2.05, 4.69) is 15.8 Å². The van der Waals surface area contributed by atoms with E-state index in [1.165, 1.54) is 29.8 Å². The number of hydrogen-bond donors (Lipinski definition) is 1. The molecule has 150 valence electrons. The molecule has 4 rings (SSSR count). The van der Waals surface area contributed by atoms with Gasteiger partial charge in [0, 0.05) is 18.1 Å². The van der Waals surface area contributed by atoms with Gasteiger partial charge in [-0.05, 0) is 48.7 Å². The molecule has 1 aliphatic heterocycles. The standard InChI is InChI=1S/C20H18ClN3O3S2/c1-13-18(19(25)24-11-10-14-4-2-3-5-15(14)12-24)28-20(22-13)23-29(26,27)17-8-6-16(21)7-9-17/h2-9H,10-12H2,1H3,(H,22,23). The van der Waals surface area contributed by atoms with Crippen LogP contribution in [-0.2, 0) is 23.0 Å².